The number of hydrogen-bond donors (Lipinski definition) is 3. The van der Waals surface area contributed by atoms with Crippen molar-refractivity contribution in [2.24, 2.45) is 7.05 Å². The van der Waals surface area contributed by atoms with Crippen molar-refractivity contribution in [1.82, 2.24) is 20.1 Å². The molecule has 8 nitrogen and oxygen atoms in total. The summed E-state index contributed by atoms with van der Waals surface area (Å²) in [4.78, 5) is 25.1. The molecule has 8 heteroatoms. The number of alkyl carbamates (subject to hydrolysis) is 1. The molecule has 28 heavy (non-hydrogen) atoms. The average Bonchev–Trinajstić information content (AvgIpc) is 3.21. The lowest BCUT2D eigenvalue weighted by molar-refractivity contribution is -0.118. The van der Waals surface area contributed by atoms with Gasteiger partial charge in [0.15, 0.2) is 0 Å². The number of aromatic nitrogens is 3. The zero-order valence-corrected chi connectivity index (χ0v) is 16.4. The number of benzene rings is 1. The SMILES string of the molecule is Cn1cc(C[C@@H](NC(=O)OC(C)(C)C)C(=O)Nc2cn[nH]c2)c2ccccc21. The van der Waals surface area contributed by atoms with E-state index < -0.39 is 17.7 Å². The number of ether oxygens (including phenoxy) is 1. The molecule has 2 aromatic heterocycles. The zero-order chi connectivity index (χ0) is 20.3. The molecule has 2 amide bonds. The largest absolute Gasteiger partial charge is 0.444 e. The second kappa shape index (κ2) is 7.75. The van der Waals surface area contributed by atoms with Crippen LogP contribution in [0.5, 0.6) is 0 Å². The molecule has 3 N–H and O–H groups in total. The normalized spacial score (nSPS) is 12.6. The van der Waals surface area contributed by atoms with Crippen molar-refractivity contribution in [1.29, 1.82) is 0 Å². The topological polar surface area (TPSA) is 101 Å². The van der Waals surface area contributed by atoms with Gasteiger partial charge in [0.25, 0.3) is 0 Å². The van der Waals surface area contributed by atoms with Crippen LogP contribution in [0.1, 0.15) is 26.3 Å². The summed E-state index contributed by atoms with van der Waals surface area (Å²) in [7, 11) is 1.95. The first-order valence-corrected chi connectivity index (χ1v) is 9.05. The number of carbonyl (C=O) groups excluding carboxylic acids is 2. The molecule has 0 radical (unpaired) electrons. The van der Waals surface area contributed by atoms with Crippen molar-refractivity contribution in [2.45, 2.75) is 38.8 Å². The molecule has 0 spiro atoms. The number of nitrogens with zero attached hydrogens (tertiary/aromatic N) is 2. The van der Waals surface area contributed by atoms with E-state index in [0.29, 0.717) is 12.1 Å². The highest BCUT2D eigenvalue weighted by Crippen LogP contribution is 2.22. The van der Waals surface area contributed by atoms with E-state index in [1.54, 1.807) is 27.0 Å². The number of anilines is 1. The van der Waals surface area contributed by atoms with Gasteiger partial charge >= 0.3 is 6.09 Å². The van der Waals surface area contributed by atoms with Gasteiger partial charge in [-0.25, -0.2) is 4.79 Å². The minimum atomic E-state index is -0.810. The molecule has 0 bridgehead atoms. The van der Waals surface area contributed by atoms with E-state index in [9.17, 15) is 9.59 Å². The Balaban J connectivity index is 1.84. The van der Waals surface area contributed by atoms with Crippen molar-refractivity contribution in [3.63, 3.8) is 0 Å². The summed E-state index contributed by atoms with van der Waals surface area (Å²) in [6.45, 7) is 5.33. The Kier molecular flexibility index (Phi) is 5.39. The van der Waals surface area contributed by atoms with Crippen molar-refractivity contribution in [3.05, 3.63) is 48.4 Å². The average molecular weight is 383 g/mol. The van der Waals surface area contributed by atoms with Gasteiger partial charge in [-0.1, -0.05) is 18.2 Å². The van der Waals surface area contributed by atoms with E-state index in [4.69, 9.17) is 4.74 Å². The number of para-hydroxylation sites is 1. The van der Waals surface area contributed by atoms with Crippen LogP contribution < -0.4 is 10.6 Å². The number of carbonyl (C=O) groups is 2. The lowest BCUT2D eigenvalue weighted by atomic mass is 10.0. The van der Waals surface area contributed by atoms with Crippen molar-refractivity contribution in [2.75, 3.05) is 5.32 Å². The monoisotopic (exact) mass is 383 g/mol. The fourth-order valence-electron chi connectivity index (χ4n) is 3.02. The molecule has 0 saturated heterocycles. The molecule has 0 aliphatic rings. The van der Waals surface area contributed by atoms with Crippen molar-refractivity contribution >= 4 is 28.6 Å². The van der Waals surface area contributed by atoms with Gasteiger partial charge in [-0.2, -0.15) is 5.10 Å². The minimum absolute atomic E-state index is 0.324. The summed E-state index contributed by atoms with van der Waals surface area (Å²) in [6.07, 6.45) is 4.73. The summed E-state index contributed by atoms with van der Waals surface area (Å²) in [6, 6.07) is 7.13. The Hall–Kier alpha value is -3.29. The second-order valence-electron chi connectivity index (χ2n) is 7.66. The Morgan fingerprint density at radius 1 is 1.29 bits per heavy atom. The van der Waals surface area contributed by atoms with Crippen LogP contribution in [0, 0.1) is 0 Å². The third-order valence-electron chi connectivity index (χ3n) is 4.18. The van der Waals surface area contributed by atoms with E-state index in [-0.39, 0.29) is 5.91 Å². The molecule has 0 aliphatic heterocycles. The first-order chi connectivity index (χ1) is 13.2. The van der Waals surface area contributed by atoms with Gasteiger partial charge in [0.2, 0.25) is 5.91 Å². The van der Waals surface area contributed by atoms with E-state index in [2.05, 4.69) is 20.8 Å². The highest BCUT2D eigenvalue weighted by Gasteiger charge is 2.26. The maximum atomic E-state index is 12.8. The Labute approximate surface area is 163 Å². The number of H-pyrrole nitrogens is 1. The highest BCUT2D eigenvalue weighted by atomic mass is 16.6. The number of aryl methyl sites for hydroxylation is 1. The maximum absolute atomic E-state index is 12.8. The van der Waals surface area contributed by atoms with Crippen LogP contribution in [0.3, 0.4) is 0 Å². The molecule has 1 atom stereocenters. The second-order valence-corrected chi connectivity index (χ2v) is 7.66. The molecule has 3 rings (SSSR count). The minimum Gasteiger partial charge on any atom is -0.444 e. The van der Waals surface area contributed by atoms with Crippen LogP contribution in [0.2, 0.25) is 0 Å². The predicted molar refractivity (Wildman–Crippen MR) is 107 cm³/mol. The molecule has 2 heterocycles. The molecule has 148 valence electrons. The number of aromatic amines is 1. The van der Waals surface area contributed by atoms with Crippen LogP contribution in [-0.2, 0) is 23.0 Å². The summed E-state index contributed by atoms with van der Waals surface area (Å²) in [5, 5.41) is 12.9. The number of fused-ring (bicyclic) bond motifs is 1. The summed E-state index contributed by atoms with van der Waals surface area (Å²) in [5.41, 5.74) is 1.89. The standard InChI is InChI=1S/C20H25N5O3/c1-20(2,3)28-19(27)24-16(18(26)23-14-10-21-22-11-14)9-13-12-25(4)17-8-6-5-7-15(13)17/h5-8,10-12,16H,9H2,1-4H3,(H,21,22)(H,23,26)(H,24,27)/t16-/m1/s1. The van der Waals surface area contributed by atoms with Crippen molar-refractivity contribution in [3.8, 4) is 0 Å². The molecule has 0 aliphatic carbocycles. The lowest BCUT2D eigenvalue weighted by Crippen LogP contribution is -2.47. The molecule has 0 fully saturated rings. The smallest absolute Gasteiger partial charge is 0.408 e. The number of rotatable bonds is 5. The van der Waals surface area contributed by atoms with Gasteiger partial charge in [-0.15, -0.1) is 0 Å². The Bertz CT molecular complexity index is 970. The molecule has 3 aromatic rings. The third-order valence-corrected chi connectivity index (χ3v) is 4.18. The zero-order valence-electron chi connectivity index (χ0n) is 16.4. The lowest BCUT2D eigenvalue weighted by Gasteiger charge is -2.23. The van der Waals surface area contributed by atoms with Crippen LogP contribution in [0.25, 0.3) is 10.9 Å². The van der Waals surface area contributed by atoms with Gasteiger partial charge < -0.3 is 19.9 Å². The fraction of sp³-hybridized carbons (Fsp3) is 0.350. The van der Waals surface area contributed by atoms with Gasteiger partial charge in [0.1, 0.15) is 11.6 Å². The van der Waals surface area contributed by atoms with Crippen LogP contribution >= 0.6 is 0 Å². The maximum Gasteiger partial charge on any atom is 0.408 e. The van der Waals surface area contributed by atoms with Gasteiger partial charge in [-0.05, 0) is 32.4 Å². The fourth-order valence-corrected chi connectivity index (χ4v) is 3.02. The molecular formula is C20H25N5O3. The first kappa shape index (κ1) is 19.5. The number of amides is 2. The number of nitrogens with one attached hydrogen (secondary N) is 3. The quantitative estimate of drug-likeness (QED) is 0.630. The predicted octanol–water partition coefficient (Wildman–Crippen LogP) is 2.98. The third kappa shape index (κ3) is 4.70. The van der Waals surface area contributed by atoms with E-state index >= 15 is 0 Å². The van der Waals surface area contributed by atoms with Crippen LogP contribution in [0.4, 0.5) is 10.5 Å². The summed E-state index contributed by atoms with van der Waals surface area (Å²) >= 11 is 0. The van der Waals surface area contributed by atoms with Gasteiger partial charge in [-0.3, -0.25) is 9.89 Å². The number of hydrogen-bond acceptors (Lipinski definition) is 4. The Morgan fingerprint density at radius 2 is 2.04 bits per heavy atom. The summed E-state index contributed by atoms with van der Waals surface area (Å²) in [5.74, 6) is -0.347. The van der Waals surface area contributed by atoms with Gasteiger partial charge in [0.05, 0.1) is 11.9 Å². The first-order valence-electron chi connectivity index (χ1n) is 9.05. The van der Waals surface area contributed by atoms with Crippen molar-refractivity contribution < 1.29 is 14.3 Å². The van der Waals surface area contributed by atoms with Gasteiger partial charge in [0, 0.05) is 36.8 Å². The van der Waals surface area contributed by atoms with E-state index in [1.807, 2.05) is 42.1 Å². The summed E-state index contributed by atoms with van der Waals surface area (Å²) < 4.78 is 7.33. The molecule has 1 aromatic carbocycles. The van der Waals surface area contributed by atoms with E-state index in [1.165, 1.54) is 6.20 Å². The Morgan fingerprint density at radius 3 is 2.71 bits per heavy atom. The molecule has 0 saturated carbocycles. The molecular weight excluding hydrogens is 358 g/mol. The molecule has 0 unspecified atom stereocenters. The van der Waals surface area contributed by atoms with Crippen LogP contribution in [-0.4, -0.2) is 38.4 Å². The van der Waals surface area contributed by atoms with E-state index in [0.717, 1.165) is 16.5 Å². The van der Waals surface area contributed by atoms with Crippen LogP contribution in [0.15, 0.2) is 42.9 Å². The highest BCUT2D eigenvalue weighted by molar-refractivity contribution is 5.97.